The summed E-state index contributed by atoms with van der Waals surface area (Å²) in [7, 11) is -4.36. The first-order valence-electron chi connectivity index (χ1n) is 10.9. The van der Waals surface area contributed by atoms with Crippen LogP contribution in [0.1, 0.15) is 44.7 Å². The Bertz CT molecular complexity index is 1140. The fourth-order valence-corrected chi connectivity index (χ4v) is 4.18. The predicted octanol–water partition coefficient (Wildman–Crippen LogP) is 4.18. The minimum absolute atomic E-state index is 0.0330. The molecule has 198 valence electrons. The van der Waals surface area contributed by atoms with E-state index in [0.717, 1.165) is 12.1 Å². The van der Waals surface area contributed by atoms with Crippen LogP contribution in [-0.2, 0) is 36.9 Å². The molecule has 0 aromatic heterocycles. The van der Waals surface area contributed by atoms with Gasteiger partial charge < -0.3 is 14.6 Å². The van der Waals surface area contributed by atoms with Crippen LogP contribution in [0, 0.1) is 0 Å². The number of carboxylic acid groups (broad SMARTS) is 1. The number of carbonyl (C=O) groups excluding carboxylic acids is 1. The SMILES string of the molecule is CC(C)(C)OC(=O)[C@H](Cc1ccc(OCCCC(=O)O)cc1)NS(=O)(=O)c1ccc(C(F)(F)F)cc1. The number of rotatable bonds is 11. The van der Waals surface area contributed by atoms with Crippen LogP contribution in [0.4, 0.5) is 13.2 Å². The van der Waals surface area contributed by atoms with E-state index in [2.05, 4.69) is 4.72 Å². The number of aliphatic carboxylic acids is 1. The van der Waals surface area contributed by atoms with E-state index in [4.69, 9.17) is 14.6 Å². The topological polar surface area (TPSA) is 119 Å². The Morgan fingerprint density at radius 1 is 1.00 bits per heavy atom. The van der Waals surface area contributed by atoms with Crippen molar-refractivity contribution in [1.82, 2.24) is 4.72 Å². The van der Waals surface area contributed by atoms with E-state index < -0.39 is 50.2 Å². The van der Waals surface area contributed by atoms with Crippen LogP contribution in [-0.4, -0.2) is 43.7 Å². The van der Waals surface area contributed by atoms with Crippen molar-refractivity contribution in [2.45, 2.75) is 62.7 Å². The first kappa shape index (κ1) is 29.1. The molecular formula is C24H28F3NO7S. The molecule has 0 unspecified atom stereocenters. The molecule has 12 heteroatoms. The molecule has 0 bridgehead atoms. The van der Waals surface area contributed by atoms with Crippen molar-refractivity contribution in [3.63, 3.8) is 0 Å². The zero-order valence-electron chi connectivity index (χ0n) is 20.0. The molecule has 0 heterocycles. The Labute approximate surface area is 207 Å². The van der Waals surface area contributed by atoms with Gasteiger partial charge in [0.15, 0.2) is 0 Å². The number of benzene rings is 2. The summed E-state index contributed by atoms with van der Waals surface area (Å²) >= 11 is 0. The van der Waals surface area contributed by atoms with Crippen molar-refractivity contribution in [3.8, 4) is 5.75 Å². The van der Waals surface area contributed by atoms with Crippen molar-refractivity contribution >= 4 is 22.0 Å². The molecule has 0 aliphatic carbocycles. The third-order valence-corrected chi connectivity index (χ3v) is 6.14. The number of carbonyl (C=O) groups is 2. The molecular weight excluding hydrogens is 503 g/mol. The Balaban J connectivity index is 2.19. The molecule has 0 amide bonds. The maximum atomic E-state index is 12.9. The van der Waals surface area contributed by atoms with E-state index in [1.165, 1.54) is 0 Å². The van der Waals surface area contributed by atoms with Gasteiger partial charge in [-0.2, -0.15) is 17.9 Å². The van der Waals surface area contributed by atoms with Crippen LogP contribution in [0.5, 0.6) is 5.75 Å². The van der Waals surface area contributed by atoms with Gasteiger partial charge in [-0.05, 0) is 75.6 Å². The minimum Gasteiger partial charge on any atom is -0.494 e. The van der Waals surface area contributed by atoms with E-state index in [9.17, 15) is 31.2 Å². The number of hydrogen-bond acceptors (Lipinski definition) is 6. The molecule has 0 spiro atoms. The third-order valence-electron chi connectivity index (χ3n) is 4.65. The van der Waals surface area contributed by atoms with E-state index in [0.29, 0.717) is 29.9 Å². The molecule has 36 heavy (non-hydrogen) atoms. The normalized spacial score (nSPS) is 13.2. The Morgan fingerprint density at radius 2 is 1.58 bits per heavy atom. The number of esters is 1. The first-order valence-corrected chi connectivity index (χ1v) is 12.4. The maximum Gasteiger partial charge on any atom is 0.416 e. The summed E-state index contributed by atoms with van der Waals surface area (Å²) in [6.07, 6.45) is -4.44. The lowest BCUT2D eigenvalue weighted by Crippen LogP contribution is -2.45. The summed E-state index contributed by atoms with van der Waals surface area (Å²) in [6.45, 7) is 5.04. The van der Waals surface area contributed by atoms with Gasteiger partial charge in [0.1, 0.15) is 17.4 Å². The van der Waals surface area contributed by atoms with Gasteiger partial charge >= 0.3 is 18.1 Å². The Kier molecular flexibility index (Phi) is 9.50. The van der Waals surface area contributed by atoms with Crippen molar-refractivity contribution in [1.29, 1.82) is 0 Å². The summed E-state index contributed by atoms with van der Waals surface area (Å²) in [5.41, 5.74) is -1.36. The van der Waals surface area contributed by atoms with Crippen LogP contribution in [0.2, 0.25) is 0 Å². The molecule has 0 radical (unpaired) electrons. The molecule has 8 nitrogen and oxygen atoms in total. The standard InChI is InChI=1S/C24H28F3NO7S/c1-23(2,3)35-22(31)20(15-16-6-10-18(11-7-16)34-14-4-5-21(29)30)28-36(32,33)19-12-8-17(9-13-19)24(25,26)27/h6-13,20,28H,4-5,14-15H2,1-3H3,(H,29,30)/t20-/m0/s1. The number of carboxylic acids is 1. The first-order chi connectivity index (χ1) is 16.6. The fourth-order valence-electron chi connectivity index (χ4n) is 3.00. The molecule has 2 aromatic rings. The van der Waals surface area contributed by atoms with Gasteiger partial charge in [0.2, 0.25) is 10.0 Å². The number of ether oxygens (including phenoxy) is 2. The lowest BCUT2D eigenvalue weighted by Gasteiger charge is -2.24. The molecule has 0 aliphatic rings. The van der Waals surface area contributed by atoms with Gasteiger partial charge in [0, 0.05) is 6.42 Å². The molecule has 2 aromatic carbocycles. The molecule has 1 atom stereocenters. The van der Waals surface area contributed by atoms with Gasteiger partial charge in [0.25, 0.3) is 0 Å². The highest BCUT2D eigenvalue weighted by atomic mass is 32.2. The molecule has 2 rings (SSSR count). The van der Waals surface area contributed by atoms with Crippen LogP contribution < -0.4 is 9.46 Å². The average Bonchev–Trinajstić information content (AvgIpc) is 2.75. The van der Waals surface area contributed by atoms with Gasteiger partial charge in [-0.3, -0.25) is 9.59 Å². The second kappa shape index (κ2) is 11.7. The van der Waals surface area contributed by atoms with Crippen LogP contribution >= 0.6 is 0 Å². The summed E-state index contributed by atoms with van der Waals surface area (Å²) in [5, 5.41) is 8.66. The van der Waals surface area contributed by atoms with Crippen molar-refractivity contribution in [3.05, 3.63) is 59.7 Å². The highest BCUT2D eigenvalue weighted by Crippen LogP contribution is 2.29. The number of alkyl halides is 3. The molecule has 0 aliphatic heterocycles. The lowest BCUT2D eigenvalue weighted by atomic mass is 10.1. The predicted molar refractivity (Wildman–Crippen MR) is 124 cm³/mol. The third kappa shape index (κ3) is 9.50. The lowest BCUT2D eigenvalue weighted by molar-refractivity contribution is -0.157. The number of sulfonamides is 1. The van der Waals surface area contributed by atoms with E-state index >= 15 is 0 Å². The van der Waals surface area contributed by atoms with Crippen molar-refractivity contribution < 1.29 is 45.8 Å². The van der Waals surface area contributed by atoms with Crippen LogP contribution in [0.3, 0.4) is 0 Å². The van der Waals surface area contributed by atoms with Gasteiger partial charge in [0.05, 0.1) is 17.1 Å². The highest BCUT2D eigenvalue weighted by molar-refractivity contribution is 7.89. The Morgan fingerprint density at radius 3 is 2.08 bits per heavy atom. The van der Waals surface area contributed by atoms with Crippen LogP contribution in [0.15, 0.2) is 53.4 Å². The largest absolute Gasteiger partial charge is 0.494 e. The molecule has 2 N–H and O–H groups in total. The minimum atomic E-state index is -4.62. The molecule has 0 saturated heterocycles. The van der Waals surface area contributed by atoms with Crippen molar-refractivity contribution in [2.24, 2.45) is 0 Å². The number of halogens is 3. The molecule has 0 fully saturated rings. The summed E-state index contributed by atoms with van der Waals surface area (Å²) < 4.78 is 77.2. The summed E-state index contributed by atoms with van der Waals surface area (Å²) in [5.74, 6) is -1.32. The summed E-state index contributed by atoms with van der Waals surface area (Å²) in [4.78, 5) is 22.9. The monoisotopic (exact) mass is 531 g/mol. The van der Waals surface area contributed by atoms with Gasteiger partial charge in [-0.15, -0.1) is 0 Å². The second-order valence-corrected chi connectivity index (χ2v) is 10.6. The van der Waals surface area contributed by atoms with E-state index in [1.54, 1.807) is 45.0 Å². The Hall–Kier alpha value is -3.12. The van der Waals surface area contributed by atoms with Gasteiger partial charge in [-0.1, -0.05) is 12.1 Å². The van der Waals surface area contributed by atoms with Gasteiger partial charge in [-0.25, -0.2) is 8.42 Å². The summed E-state index contributed by atoms with van der Waals surface area (Å²) in [6, 6.07) is 7.95. The van der Waals surface area contributed by atoms with Crippen molar-refractivity contribution in [2.75, 3.05) is 6.61 Å². The maximum absolute atomic E-state index is 12.9. The second-order valence-electron chi connectivity index (χ2n) is 8.92. The molecule has 0 saturated carbocycles. The number of hydrogen-bond donors (Lipinski definition) is 2. The zero-order valence-corrected chi connectivity index (χ0v) is 20.8. The van der Waals surface area contributed by atoms with Crippen LogP contribution in [0.25, 0.3) is 0 Å². The number of nitrogens with one attached hydrogen (secondary N) is 1. The zero-order chi connectivity index (χ0) is 27.1. The highest BCUT2D eigenvalue weighted by Gasteiger charge is 2.32. The smallest absolute Gasteiger partial charge is 0.416 e. The van der Waals surface area contributed by atoms with E-state index in [1.807, 2.05) is 0 Å². The van der Waals surface area contributed by atoms with E-state index in [-0.39, 0.29) is 19.4 Å². The quantitative estimate of drug-likeness (QED) is 0.330. The average molecular weight is 532 g/mol. The fraction of sp³-hybridized carbons (Fsp3) is 0.417.